The molecule has 2 fully saturated rings. The minimum Gasteiger partial charge on any atom is -0.356 e. The summed E-state index contributed by atoms with van der Waals surface area (Å²) in [5, 5.41) is 6.66. The Kier molecular flexibility index (Phi) is 11.7. The third kappa shape index (κ3) is 7.56. The maximum absolute atomic E-state index is 13.2. The molecule has 0 amide bonds. The van der Waals surface area contributed by atoms with E-state index in [1.807, 2.05) is 12.1 Å². The summed E-state index contributed by atoms with van der Waals surface area (Å²) in [6, 6.07) is 7.98. The van der Waals surface area contributed by atoms with E-state index in [1.165, 1.54) is 25.8 Å². The van der Waals surface area contributed by atoms with Gasteiger partial charge in [0.05, 0.1) is 4.90 Å². The van der Waals surface area contributed by atoms with Crippen molar-refractivity contribution in [1.82, 2.24) is 19.8 Å². The van der Waals surface area contributed by atoms with E-state index in [-0.39, 0.29) is 24.0 Å². The number of benzene rings is 1. The molecule has 32 heavy (non-hydrogen) atoms. The molecule has 1 aromatic carbocycles. The zero-order valence-electron chi connectivity index (χ0n) is 19.6. The summed E-state index contributed by atoms with van der Waals surface area (Å²) in [4.78, 5) is 7.28. The van der Waals surface area contributed by atoms with Gasteiger partial charge in [0.1, 0.15) is 0 Å². The van der Waals surface area contributed by atoms with E-state index >= 15 is 0 Å². The van der Waals surface area contributed by atoms with Gasteiger partial charge in [-0.05, 0) is 57.2 Å². The molecule has 0 aliphatic carbocycles. The minimum atomic E-state index is -3.46. The van der Waals surface area contributed by atoms with Crippen molar-refractivity contribution in [3.05, 3.63) is 29.8 Å². The Balaban J connectivity index is 0.00000363. The van der Waals surface area contributed by atoms with Gasteiger partial charge >= 0.3 is 0 Å². The molecule has 9 heteroatoms. The molecule has 2 heterocycles. The summed E-state index contributed by atoms with van der Waals surface area (Å²) in [7, 11) is -1.71. The van der Waals surface area contributed by atoms with Gasteiger partial charge in [-0.3, -0.25) is 4.99 Å². The summed E-state index contributed by atoms with van der Waals surface area (Å²) < 4.78 is 27.9. The third-order valence-electron chi connectivity index (χ3n) is 6.43. The van der Waals surface area contributed by atoms with Crippen molar-refractivity contribution in [1.29, 1.82) is 0 Å². The van der Waals surface area contributed by atoms with Crippen LogP contribution >= 0.6 is 24.0 Å². The van der Waals surface area contributed by atoms with Crippen LogP contribution in [0.25, 0.3) is 0 Å². The van der Waals surface area contributed by atoms with Gasteiger partial charge in [0.25, 0.3) is 0 Å². The lowest BCUT2D eigenvalue weighted by Gasteiger charge is -2.33. The fourth-order valence-electron chi connectivity index (χ4n) is 4.52. The van der Waals surface area contributed by atoms with E-state index in [2.05, 4.69) is 27.4 Å². The maximum Gasteiger partial charge on any atom is 0.243 e. The van der Waals surface area contributed by atoms with Gasteiger partial charge in [0.15, 0.2) is 5.96 Å². The Morgan fingerprint density at radius 2 is 1.78 bits per heavy atom. The van der Waals surface area contributed by atoms with E-state index in [1.54, 1.807) is 23.5 Å². The molecule has 2 N–H and O–H groups in total. The molecule has 1 aromatic rings. The first-order valence-electron chi connectivity index (χ1n) is 11.8. The summed E-state index contributed by atoms with van der Waals surface area (Å²) in [6.07, 6.45) is 8.00. The Labute approximate surface area is 211 Å². The van der Waals surface area contributed by atoms with Crippen molar-refractivity contribution in [2.45, 2.75) is 69.4 Å². The Morgan fingerprint density at radius 3 is 2.50 bits per heavy atom. The number of piperidine rings is 2. The zero-order chi connectivity index (χ0) is 22.1. The Morgan fingerprint density at radius 1 is 1.06 bits per heavy atom. The van der Waals surface area contributed by atoms with Gasteiger partial charge in [0.2, 0.25) is 10.0 Å². The molecule has 0 aromatic heterocycles. The first-order chi connectivity index (χ1) is 15.0. The largest absolute Gasteiger partial charge is 0.356 e. The second-order valence-corrected chi connectivity index (χ2v) is 10.6. The summed E-state index contributed by atoms with van der Waals surface area (Å²) >= 11 is 0. The highest BCUT2D eigenvalue weighted by atomic mass is 127. The minimum absolute atomic E-state index is 0. The molecule has 0 spiro atoms. The van der Waals surface area contributed by atoms with Gasteiger partial charge < -0.3 is 15.5 Å². The SMILES string of the molecule is CN=C(NCCCN1CCCCC1C)NCc1ccccc1S(=O)(=O)N1CCCCC1.I. The topological polar surface area (TPSA) is 77.0 Å². The van der Waals surface area contributed by atoms with Crippen LogP contribution in [-0.4, -0.2) is 69.4 Å². The predicted octanol–water partition coefficient (Wildman–Crippen LogP) is 3.41. The van der Waals surface area contributed by atoms with Crippen molar-refractivity contribution in [3.63, 3.8) is 0 Å². The number of nitrogens with zero attached hydrogens (tertiary/aromatic N) is 3. The number of sulfonamides is 1. The van der Waals surface area contributed by atoms with Crippen LogP contribution < -0.4 is 10.6 Å². The lowest BCUT2D eigenvalue weighted by molar-refractivity contribution is 0.159. The molecule has 1 atom stereocenters. The summed E-state index contributed by atoms with van der Waals surface area (Å²) in [5.41, 5.74) is 0.776. The molecule has 1 unspecified atom stereocenters. The van der Waals surface area contributed by atoms with E-state index in [0.29, 0.717) is 36.5 Å². The third-order valence-corrected chi connectivity index (χ3v) is 8.43. The predicted molar refractivity (Wildman–Crippen MR) is 142 cm³/mol. The smallest absolute Gasteiger partial charge is 0.243 e. The summed E-state index contributed by atoms with van der Waals surface area (Å²) in [6.45, 7) is 7.12. The Hall–Kier alpha value is -0.910. The second kappa shape index (κ2) is 13.7. The van der Waals surface area contributed by atoms with Crippen LogP contribution in [0.3, 0.4) is 0 Å². The van der Waals surface area contributed by atoms with Crippen molar-refractivity contribution in [2.24, 2.45) is 4.99 Å². The van der Waals surface area contributed by atoms with Gasteiger partial charge in [-0.15, -0.1) is 24.0 Å². The van der Waals surface area contributed by atoms with Gasteiger partial charge in [-0.1, -0.05) is 31.0 Å². The average Bonchev–Trinajstić information content (AvgIpc) is 2.80. The fourth-order valence-corrected chi connectivity index (χ4v) is 6.26. The van der Waals surface area contributed by atoms with Crippen LogP contribution in [0.15, 0.2) is 34.2 Å². The number of halogens is 1. The molecule has 7 nitrogen and oxygen atoms in total. The van der Waals surface area contributed by atoms with Crippen LogP contribution in [-0.2, 0) is 16.6 Å². The molecular formula is C23H40IN5O2S. The normalized spacial score (nSPS) is 21.1. The van der Waals surface area contributed by atoms with E-state index < -0.39 is 10.0 Å². The number of aliphatic imine (C=N–C) groups is 1. The number of hydrogen-bond acceptors (Lipinski definition) is 4. The highest BCUT2D eigenvalue weighted by Crippen LogP contribution is 2.23. The van der Waals surface area contributed by atoms with Crippen LogP contribution in [0.1, 0.15) is 57.4 Å². The van der Waals surface area contributed by atoms with Crippen molar-refractivity contribution >= 4 is 40.0 Å². The van der Waals surface area contributed by atoms with Gasteiger partial charge in [-0.25, -0.2) is 8.42 Å². The van der Waals surface area contributed by atoms with Crippen molar-refractivity contribution in [3.8, 4) is 0 Å². The number of rotatable bonds is 8. The molecule has 0 radical (unpaired) electrons. The zero-order valence-corrected chi connectivity index (χ0v) is 22.7. The lowest BCUT2D eigenvalue weighted by atomic mass is 10.0. The van der Waals surface area contributed by atoms with E-state index in [4.69, 9.17) is 0 Å². The first-order valence-corrected chi connectivity index (χ1v) is 13.2. The van der Waals surface area contributed by atoms with Crippen molar-refractivity contribution < 1.29 is 8.42 Å². The van der Waals surface area contributed by atoms with Crippen molar-refractivity contribution in [2.75, 3.05) is 39.8 Å². The fraction of sp³-hybridized carbons (Fsp3) is 0.696. The summed E-state index contributed by atoms with van der Waals surface area (Å²) in [5.74, 6) is 0.705. The molecular weight excluding hydrogens is 537 g/mol. The Bertz CT molecular complexity index is 827. The average molecular weight is 578 g/mol. The number of guanidine groups is 1. The second-order valence-electron chi connectivity index (χ2n) is 8.66. The van der Waals surface area contributed by atoms with Crippen LogP contribution in [0.5, 0.6) is 0 Å². The molecule has 2 saturated heterocycles. The van der Waals surface area contributed by atoms with Gasteiger partial charge in [-0.2, -0.15) is 4.31 Å². The van der Waals surface area contributed by atoms with E-state index in [9.17, 15) is 8.42 Å². The highest BCUT2D eigenvalue weighted by molar-refractivity contribution is 14.0. The molecule has 2 aliphatic rings. The standard InChI is InChI=1S/C23H39N5O2S.HI/c1-20-11-6-9-15-27(20)16-10-14-25-23(24-2)26-19-21-12-4-5-13-22(21)31(29,30)28-17-7-3-8-18-28;/h4-5,12-13,20H,3,6-11,14-19H2,1-2H3,(H2,24,25,26);1H. The quantitative estimate of drug-likeness (QED) is 0.215. The van der Waals surface area contributed by atoms with Crippen LogP contribution in [0.2, 0.25) is 0 Å². The lowest BCUT2D eigenvalue weighted by Crippen LogP contribution is -2.41. The van der Waals surface area contributed by atoms with Gasteiger partial charge in [0, 0.05) is 45.8 Å². The molecule has 3 rings (SSSR count). The molecule has 2 aliphatic heterocycles. The first kappa shape index (κ1) is 27.3. The number of hydrogen-bond donors (Lipinski definition) is 2. The molecule has 0 bridgehead atoms. The highest BCUT2D eigenvalue weighted by Gasteiger charge is 2.27. The van der Waals surface area contributed by atoms with E-state index in [0.717, 1.165) is 44.3 Å². The molecule has 182 valence electrons. The van der Waals surface area contributed by atoms with Crippen LogP contribution in [0.4, 0.5) is 0 Å². The monoisotopic (exact) mass is 577 g/mol. The number of nitrogens with one attached hydrogen (secondary N) is 2. The molecule has 0 saturated carbocycles. The maximum atomic E-state index is 13.2. The number of likely N-dealkylation sites (tertiary alicyclic amines) is 1. The van der Waals surface area contributed by atoms with Crippen LogP contribution in [0, 0.1) is 0 Å².